The van der Waals surface area contributed by atoms with Gasteiger partial charge in [-0.2, -0.15) is 0 Å². The number of hydrogen-bond donors (Lipinski definition) is 2. The number of carbonyl (C=O) groups is 1. The fourth-order valence-electron chi connectivity index (χ4n) is 2.77. The van der Waals surface area contributed by atoms with Crippen molar-refractivity contribution >= 4 is 11.6 Å². The minimum absolute atomic E-state index is 0.0626. The molecule has 1 atom stereocenters. The standard InChI is InChI=1S/C18H20N2O/c1-13-5-4-6-14(11-13)12-19-17-10-9-15-7-2-3-8-16(15)20-18(17)21/h2-8,11,17,19H,9-10,12H2,1H3,(H,20,21). The van der Waals surface area contributed by atoms with Gasteiger partial charge in [-0.05, 0) is 37.0 Å². The number of amides is 1. The Morgan fingerprint density at radius 3 is 2.90 bits per heavy atom. The number of rotatable bonds is 3. The van der Waals surface area contributed by atoms with Gasteiger partial charge in [0.2, 0.25) is 5.91 Å². The van der Waals surface area contributed by atoms with Gasteiger partial charge in [0.1, 0.15) is 0 Å². The SMILES string of the molecule is Cc1cccc(CNC2CCc3ccccc3NC2=O)c1. The lowest BCUT2D eigenvalue weighted by atomic mass is 10.1. The highest BCUT2D eigenvalue weighted by Gasteiger charge is 2.22. The summed E-state index contributed by atoms with van der Waals surface area (Å²) < 4.78 is 0. The highest BCUT2D eigenvalue weighted by molar-refractivity contribution is 5.96. The molecule has 3 rings (SSSR count). The number of para-hydroxylation sites is 1. The van der Waals surface area contributed by atoms with Gasteiger partial charge in [0.25, 0.3) is 0 Å². The van der Waals surface area contributed by atoms with Crippen LogP contribution in [0.1, 0.15) is 23.1 Å². The van der Waals surface area contributed by atoms with Crippen molar-refractivity contribution in [2.24, 2.45) is 0 Å². The van der Waals surface area contributed by atoms with Crippen LogP contribution < -0.4 is 10.6 Å². The topological polar surface area (TPSA) is 41.1 Å². The van der Waals surface area contributed by atoms with Crippen LogP contribution in [0, 0.1) is 6.92 Å². The predicted molar refractivity (Wildman–Crippen MR) is 85.2 cm³/mol. The molecule has 2 N–H and O–H groups in total. The molecule has 108 valence electrons. The number of anilines is 1. The van der Waals surface area contributed by atoms with Crippen molar-refractivity contribution in [1.29, 1.82) is 0 Å². The van der Waals surface area contributed by atoms with Gasteiger partial charge in [-0.15, -0.1) is 0 Å². The normalized spacial score (nSPS) is 17.8. The Labute approximate surface area is 125 Å². The van der Waals surface area contributed by atoms with Gasteiger partial charge >= 0.3 is 0 Å². The Hall–Kier alpha value is -2.13. The van der Waals surface area contributed by atoms with E-state index in [2.05, 4.69) is 47.9 Å². The van der Waals surface area contributed by atoms with Crippen molar-refractivity contribution in [3.8, 4) is 0 Å². The summed E-state index contributed by atoms with van der Waals surface area (Å²) in [5.41, 5.74) is 4.62. The first kappa shape index (κ1) is 13.8. The van der Waals surface area contributed by atoms with Gasteiger partial charge in [0, 0.05) is 12.2 Å². The van der Waals surface area contributed by atoms with E-state index in [-0.39, 0.29) is 11.9 Å². The van der Waals surface area contributed by atoms with E-state index in [0.717, 1.165) is 25.1 Å². The van der Waals surface area contributed by atoms with Crippen LogP contribution in [0.3, 0.4) is 0 Å². The minimum Gasteiger partial charge on any atom is -0.324 e. The lowest BCUT2D eigenvalue weighted by Gasteiger charge is -2.15. The Kier molecular flexibility index (Phi) is 4.02. The summed E-state index contributed by atoms with van der Waals surface area (Å²) >= 11 is 0. The molecule has 3 nitrogen and oxygen atoms in total. The summed E-state index contributed by atoms with van der Waals surface area (Å²) in [5, 5.41) is 6.40. The van der Waals surface area contributed by atoms with E-state index in [1.165, 1.54) is 16.7 Å². The van der Waals surface area contributed by atoms with Crippen molar-refractivity contribution in [2.45, 2.75) is 32.4 Å². The van der Waals surface area contributed by atoms with Crippen LogP contribution in [0.25, 0.3) is 0 Å². The molecule has 2 aromatic rings. The average Bonchev–Trinajstić information content (AvgIpc) is 2.64. The lowest BCUT2D eigenvalue weighted by Crippen LogP contribution is -2.39. The lowest BCUT2D eigenvalue weighted by molar-refractivity contribution is -0.118. The highest BCUT2D eigenvalue weighted by Crippen LogP contribution is 2.21. The second-order valence-electron chi connectivity index (χ2n) is 5.61. The van der Waals surface area contributed by atoms with Gasteiger partial charge in [-0.25, -0.2) is 0 Å². The van der Waals surface area contributed by atoms with Crippen LogP contribution >= 0.6 is 0 Å². The van der Waals surface area contributed by atoms with Crippen molar-refractivity contribution < 1.29 is 4.79 Å². The second kappa shape index (κ2) is 6.10. The first-order valence-corrected chi connectivity index (χ1v) is 7.40. The first-order chi connectivity index (χ1) is 10.2. The molecule has 1 aliphatic rings. The molecule has 1 unspecified atom stereocenters. The van der Waals surface area contributed by atoms with Crippen molar-refractivity contribution in [3.63, 3.8) is 0 Å². The zero-order chi connectivity index (χ0) is 14.7. The second-order valence-corrected chi connectivity index (χ2v) is 5.61. The summed E-state index contributed by atoms with van der Waals surface area (Å²) in [5.74, 6) is 0.0626. The van der Waals surface area contributed by atoms with Crippen molar-refractivity contribution in [2.75, 3.05) is 5.32 Å². The first-order valence-electron chi connectivity index (χ1n) is 7.40. The van der Waals surface area contributed by atoms with Gasteiger partial charge in [-0.3, -0.25) is 4.79 Å². The molecule has 1 aliphatic heterocycles. The number of fused-ring (bicyclic) bond motifs is 1. The zero-order valence-electron chi connectivity index (χ0n) is 12.2. The molecule has 1 amide bonds. The molecule has 0 fully saturated rings. The Morgan fingerprint density at radius 2 is 2.05 bits per heavy atom. The third-order valence-electron chi connectivity index (χ3n) is 3.93. The Morgan fingerprint density at radius 1 is 1.19 bits per heavy atom. The maximum atomic E-state index is 12.3. The monoisotopic (exact) mass is 280 g/mol. The molecular weight excluding hydrogens is 260 g/mol. The predicted octanol–water partition coefficient (Wildman–Crippen LogP) is 3.04. The van der Waals surface area contributed by atoms with Crippen LogP contribution in [0.15, 0.2) is 48.5 Å². The largest absolute Gasteiger partial charge is 0.324 e. The number of carbonyl (C=O) groups excluding carboxylic acids is 1. The number of benzene rings is 2. The van der Waals surface area contributed by atoms with E-state index < -0.39 is 0 Å². The molecule has 0 saturated heterocycles. The van der Waals surface area contributed by atoms with Crippen LogP contribution in [0.2, 0.25) is 0 Å². The van der Waals surface area contributed by atoms with Crippen LogP contribution in [0.5, 0.6) is 0 Å². The van der Waals surface area contributed by atoms with E-state index in [4.69, 9.17) is 0 Å². The quantitative estimate of drug-likeness (QED) is 0.907. The Balaban J connectivity index is 1.66. The molecular formula is C18H20N2O. The van der Waals surface area contributed by atoms with E-state index in [9.17, 15) is 4.79 Å². The Bertz CT molecular complexity index is 651. The average molecular weight is 280 g/mol. The molecule has 0 aliphatic carbocycles. The maximum absolute atomic E-state index is 12.3. The third kappa shape index (κ3) is 3.31. The maximum Gasteiger partial charge on any atom is 0.241 e. The summed E-state index contributed by atoms with van der Waals surface area (Å²) in [4.78, 5) is 12.3. The third-order valence-corrected chi connectivity index (χ3v) is 3.93. The molecule has 0 bridgehead atoms. The fraction of sp³-hybridized carbons (Fsp3) is 0.278. The van der Waals surface area contributed by atoms with Gasteiger partial charge < -0.3 is 10.6 Å². The number of aryl methyl sites for hydroxylation is 2. The van der Waals surface area contributed by atoms with Crippen molar-refractivity contribution in [3.05, 3.63) is 65.2 Å². The number of hydrogen-bond acceptors (Lipinski definition) is 2. The molecule has 0 spiro atoms. The zero-order valence-corrected chi connectivity index (χ0v) is 12.2. The van der Waals surface area contributed by atoms with E-state index in [0.29, 0.717) is 0 Å². The van der Waals surface area contributed by atoms with Gasteiger partial charge in [-0.1, -0.05) is 48.0 Å². The van der Waals surface area contributed by atoms with Gasteiger partial charge in [0.05, 0.1) is 6.04 Å². The molecule has 3 heteroatoms. The van der Waals surface area contributed by atoms with Gasteiger partial charge in [0.15, 0.2) is 0 Å². The molecule has 0 radical (unpaired) electrons. The molecule has 0 aromatic heterocycles. The minimum atomic E-state index is -0.141. The summed E-state index contributed by atoms with van der Waals surface area (Å²) in [7, 11) is 0. The van der Waals surface area contributed by atoms with Crippen LogP contribution in [-0.4, -0.2) is 11.9 Å². The van der Waals surface area contributed by atoms with Crippen LogP contribution in [-0.2, 0) is 17.8 Å². The van der Waals surface area contributed by atoms with Crippen molar-refractivity contribution in [1.82, 2.24) is 5.32 Å². The van der Waals surface area contributed by atoms with E-state index in [1.807, 2.05) is 18.2 Å². The summed E-state index contributed by atoms with van der Waals surface area (Å²) in [6.45, 7) is 2.80. The van der Waals surface area contributed by atoms with E-state index >= 15 is 0 Å². The number of nitrogens with one attached hydrogen (secondary N) is 2. The highest BCUT2D eigenvalue weighted by atomic mass is 16.2. The van der Waals surface area contributed by atoms with Crippen LogP contribution in [0.4, 0.5) is 5.69 Å². The smallest absolute Gasteiger partial charge is 0.241 e. The molecule has 0 saturated carbocycles. The fourth-order valence-corrected chi connectivity index (χ4v) is 2.77. The summed E-state index contributed by atoms with van der Waals surface area (Å²) in [6.07, 6.45) is 1.75. The summed E-state index contributed by atoms with van der Waals surface area (Å²) in [6, 6.07) is 16.3. The van der Waals surface area contributed by atoms with E-state index in [1.54, 1.807) is 0 Å². The molecule has 1 heterocycles. The molecule has 21 heavy (non-hydrogen) atoms. The molecule has 2 aromatic carbocycles.